The maximum atomic E-state index is 5.10. The van der Waals surface area contributed by atoms with E-state index >= 15 is 0 Å². The van der Waals surface area contributed by atoms with Crippen molar-refractivity contribution in [3.8, 4) is 0 Å². The molecule has 21 heavy (non-hydrogen) atoms. The lowest BCUT2D eigenvalue weighted by molar-refractivity contribution is 0.0829. The SMILES string of the molecule is CC(C)NC1(c2nc3c(s2)CCC3)CC2CCC(C1)N2C. The smallest absolute Gasteiger partial charge is 0.113 e. The lowest BCUT2D eigenvalue weighted by Crippen LogP contribution is -2.56. The Morgan fingerprint density at radius 2 is 1.95 bits per heavy atom. The first-order valence-electron chi connectivity index (χ1n) is 8.56. The molecule has 2 aliphatic heterocycles. The molecular formula is C17H27N3S. The molecule has 2 unspecified atom stereocenters. The molecule has 0 radical (unpaired) electrons. The zero-order chi connectivity index (χ0) is 14.6. The molecule has 1 aromatic heterocycles. The third-order valence-electron chi connectivity index (χ3n) is 5.72. The molecule has 0 aromatic carbocycles. The molecule has 3 nitrogen and oxygen atoms in total. The number of aryl methyl sites for hydroxylation is 2. The van der Waals surface area contributed by atoms with Crippen molar-refractivity contribution >= 4 is 11.3 Å². The van der Waals surface area contributed by atoms with Crippen LogP contribution in [0.2, 0.25) is 0 Å². The number of nitrogens with zero attached hydrogens (tertiary/aromatic N) is 2. The molecule has 3 aliphatic rings. The predicted octanol–water partition coefficient (Wildman–Crippen LogP) is 3.08. The van der Waals surface area contributed by atoms with Crippen LogP contribution in [0.1, 0.15) is 61.5 Å². The molecule has 2 bridgehead atoms. The number of piperidine rings is 1. The molecule has 0 amide bonds. The van der Waals surface area contributed by atoms with E-state index < -0.39 is 0 Å². The van der Waals surface area contributed by atoms with Gasteiger partial charge in [0.1, 0.15) is 5.01 Å². The molecule has 4 rings (SSSR count). The topological polar surface area (TPSA) is 28.2 Å². The average molecular weight is 305 g/mol. The molecule has 0 saturated carbocycles. The Labute approximate surface area is 132 Å². The Balaban J connectivity index is 1.70. The van der Waals surface area contributed by atoms with Crippen molar-refractivity contribution in [1.29, 1.82) is 0 Å². The molecular weight excluding hydrogens is 278 g/mol. The summed E-state index contributed by atoms with van der Waals surface area (Å²) in [5, 5.41) is 5.34. The van der Waals surface area contributed by atoms with Gasteiger partial charge in [0.25, 0.3) is 0 Å². The van der Waals surface area contributed by atoms with Gasteiger partial charge in [-0.1, -0.05) is 0 Å². The largest absolute Gasteiger partial charge is 0.303 e. The quantitative estimate of drug-likeness (QED) is 0.930. The van der Waals surface area contributed by atoms with Gasteiger partial charge in [0.05, 0.1) is 11.2 Å². The first kappa shape index (κ1) is 14.2. The van der Waals surface area contributed by atoms with Gasteiger partial charge in [-0.15, -0.1) is 11.3 Å². The number of thiazole rings is 1. The Morgan fingerprint density at radius 1 is 1.24 bits per heavy atom. The van der Waals surface area contributed by atoms with Gasteiger partial charge in [0, 0.05) is 23.0 Å². The zero-order valence-corrected chi connectivity index (χ0v) is 14.3. The summed E-state index contributed by atoms with van der Waals surface area (Å²) >= 11 is 2.01. The van der Waals surface area contributed by atoms with E-state index in [1.165, 1.54) is 55.6 Å². The van der Waals surface area contributed by atoms with E-state index in [0.717, 1.165) is 12.1 Å². The van der Waals surface area contributed by atoms with Gasteiger partial charge in [0.2, 0.25) is 0 Å². The lowest BCUT2D eigenvalue weighted by Gasteiger charge is -2.45. The molecule has 0 spiro atoms. The van der Waals surface area contributed by atoms with E-state index in [1.54, 1.807) is 4.88 Å². The van der Waals surface area contributed by atoms with Crippen LogP contribution in [0.4, 0.5) is 0 Å². The van der Waals surface area contributed by atoms with E-state index in [4.69, 9.17) is 4.98 Å². The van der Waals surface area contributed by atoms with E-state index in [0.29, 0.717) is 6.04 Å². The van der Waals surface area contributed by atoms with Crippen molar-refractivity contribution in [2.24, 2.45) is 0 Å². The number of hydrogen-bond donors (Lipinski definition) is 1. The summed E-state index contributed by atoms with van der Waals surface area (Å²) in [6.07, 6.45) is 9.00. The van der Waals surface area contributed by atoms with Crippen LogP contribution in [0.25, 0.3) is 0 Å². The van der Waals surface area contributed by atoms with Gasteiger partial charge in [0.15, 0.2) is 0 Å². The highest BCUT2D eigenvalue weighted by molar-refractivity contribution is 7.12. The molecule has 4 heteroatoms. The summed E-state index contributed by atoms with van der Waals surface area (Å²) in [7, 11) is 2.32. The average Bonchev–Trinajstić information content (AvgIpc) is 3.04. The number of hydrogen-bond acceptors (Lipinski definition) is 4. The molecule has 3 heterocycles. The second-order valence-electron chi connectivity index (χ2n) is 7.58. The molecule has 2 fully saturated rings. The van der Waals surface area contributed by atoms with Gasteiger partial charge in [-0.25, -0.2) is 4.98 Å². The van der Waals surface area contributed by atoms with E-state index in [-0.39, 0.29) is 5.54 Å². The minimum Gasteiger partial charge on any atom is -0.303 e. The van der Waals surface area contributed by atoms with Gasteiger partial charge in [-0.2, -0.15) is 0 Å². The normalized spacial score (nSPS) is 35.6. The van der Waals surface area contributed by atoms with Crippen molar-refractivity contribution in [2.45, 2.75) is 82.5 Å². The highest BCUT2D eigenvalue weighted by Crippen LogP contribution is 2.47. The summed E-state index contributed by atoms with van der Waals surface area (Å²) in [6, 6.07) is 2.01. The van der Waals surface area contributed by atoms with Crippen LogP contribution in [0.3, 0.4) is 0 Å². The number of aromatic nitrogens is 1. The molecule has 1 aromatic rings. The van der Waals surface area contributed by atoms with Gasteiger partial charge < -0.3 is 10.2 Å². The summed E-state index contributed by atoms with van der Waals surface area (Å²) < 4.78 is 0. The fourth-order valence-electron chi connectivity index (χ4n) is 4.77. The molecule has 2 saturated heterocycles. The van der Waals surface area contributed by atoms with Crippen molar-refractivity contribution in [2.75, 3.05) is 7.05 Å². The number of fused-ring (bicyclic) bond motifs is 3. The van der Waals surface area contributed by atoms with Crippen LogP contribution < -0.4 is 5.32 Å². The first-order valence-corrected chi connectivity index (χ1v) is 9.38. The van der Waals surface area contributed by atoms with Crippen molar-refractivity contribution in [3.63, 3.8) is 0 Å². The summed E-state index contributed by atoms with van der Waals surface area (Å²) in [5.41, 5.74) is 1.55. The van der Waals surface area contributed by atoms with Crippen LogP contribution in [0, 0.1) is 0 Å². The Hall–Kier alpha value is -0.450. The van der Waals surface area contributed by atoms with Crippen molar-refractivity contribution < 1.29 is 0 Å². The van der Waals surface area contributed by atoms with Crippen molar-refractivity contribution in [1.82, 2.24) is 15.2 Å². The van der Waals surface area contributed by atoms with E-state index in [9.17, 15) is 0 Å². The zero-order valence-electron chi connectivity index (χ0n) is 13.5. The highest BCUT2D eigenvalue weighted by Gasteiger charge is 2.49. The fourth-order valence-corrected chi connectivity index (χ4v) is 6.09. The van der Waals surface area contributed by atoms with Gasteiger partial charge >= 0.3 is 0 Å². The lowest BCUT2D eigenvalue weighted by atomic mass is 9.82. The van der Waals surface area contributed by atoms with Gasteiger partial charge in [-0.05, 0) is 65.8 Å². The first-order chi connectivity index (χ1) is 10.1. The number of nitrogens with one attached hydrogen (secondary N) is 1. The van der Waals surface area contributed by atoms with E-state index in [2.05, 4.69) is 31.1 Å². The third kappa shape index (κ3) is 2.27. The number of rotatable bonds is 3. The van der Waals surface area contributed by atoms with Crippen LogP contribution >= 0.6 is 11.3 Å². The van der Waals surface area contributed by atoms with E-state index in [1.807, 2.05) is 11.3 Å². The Morgan fingerprint density at radius 3 is 2.57 bits per heavy atom. The molecule has 116 valence electrons. The van der Waals surface area contributed by atoms with Crippen LogP contribution in [0.5, 0.6) is 0 Å². The summed E-state index contributed by atoms with van der Waals surface area (Å²) in [5.74, 6) is 0. The summed E-state index contributed by atoms with van der Waals surface area (Å²) in [4.78, 5) is 9.30. The maximum absolute atomic E-state index is 5.10. The van der Waals surface area contributed by atoms with Crippen LogP contribution in [-0.2, 0) is 18.4 Å². The summed E-state index contributed by atoms with van der Waals surface area (Å²) in [6.45, 7) is 4.56. The Bertz CT molecular complexity index is 501. The molecule has 1 aliphatic carbocycles. The van der Waals surface area contributed by atoms with Crippen molar-refractivity contribution in [3.05, 3.63) is 15.6 Å². The fraction of sp³-hybridized carbons (Fsp3) is 0.824. The predicted molar refractivity (Wildman–Crippen MR) is 87.9 cm³/mol. The standard InChI is InChI=1S/C17H27N3S/c1-11(2)19-17(9-12-7-8-13(10-17)20(12)3)16-18-14-5-4-6-15(14)21-16/h11-13,19H,4-10H2,1-3H3. The second kappa shape index (κ2) is 5.04. The van der Waals surface area contributed by atoms with Crippen LogP contribution in [0.15, 0.2) is 0 Å². The Kier molecular flexibility index (Phi) is 3.40. The molecule has 2 atom stereocenters. The highest BCUT2D eigenvalue weighted by atomic mass is 32.1. The molecule has 1 N–H and O–H groups in total. The third-order valence-corrected chi connectivity index (χ3v) is 7.08. The van der Waals surface area contributed by atoms with Gasteiger partial charge in [-0.3, -0.25) is 0 Å². The second-order valence-corrected chi connectivity index (χ2v) is 8.67. The monoisotopic (exact) mass is 305 g/mol. The van der Waals surface area contributed by atoms with Crippen LogP contribution in [-0.4, -0.2) is 35.1 Å². The minimum absolute atomic E-state index is 0.140. The minimum atomic E-state index is 0.140. The maximum Gasteiger partial charge on any atom is 0.113 e.